The van der Waals surface area contributed by atoms with Crippen LogP contribution in [0.3, 0.4) is 0 Å². The van der Waals surface area contributed by atoms with Crippen molar-refractivity contribution in [3.8, 4) is 0 Å². The Kier molecular flexibility index (Phi) is 5.38. The van der Waals surface area contributed by atoms with Gasteiger partial charge in [-0.05, 0) is 43.9 Å². The van der Waals surface area contributed by atoms with E-state index in [-0.39, 0.29) is 18.6 Å². The van der Waals surface area contributed by atoms with Crippen LogP contribution in [0.1, 0.15) is 24.8 Å². The number of nitrogens with one attached hydrogen (secondary N) is 1. The van der Waals surface area contributed by atoms with Gasteiger partial charge in [-0.25, -0.2) is 0 Å². The minimum absolute atomic E-state index is 0.0358. The molecule has 0 bridgehead atoms. The maximum Gasteiger partial charge on any atom is 0.250 e. The van der Waals surface area contributed by atoms with Gasteiger partial charge in [-0.3, -0.25) is 4.79 Å². The monoisotopic (exact) mass is 278 g/mol. The summed E-state index contributed by atoms with van der Waals surface area (Å²) in [5.74, 6) is -0.172. The van der Waals surface area contributed by atoms with Gasteiger partial charge in [0.25, 0.3) is 0 Å². The standard InChI is InChI=1S/C15H22N2O3/c1-11-13(16)6-4-7-14(11)17-15(18)10-19-9-12-5-2-3-8-20-12/h4,6-7,12H,2-3,5,8-10,16H2,1H3,(H,17,18). The number of hydrogen-bond donors (Lipinski definition) is 2. The molecule has 0 saturated carbocycles. The molecule has 1 aromatic carbocycles. The molecule has 20 heavy (non-hydrogen) atoms. The molecule has 0 spiro atoms. The van der Waals surface area contributed by atoms with Gasteiger partial charge < -0.3 is 20.5 Å². The summed E-state index contributed by atoms with van der Waals surface area (Å²) < 4.78 is 10.9. The lowest BCUT2D eigenvalue weighted by Crippen LogP contribution is -2.27. The van der Waals surface area contributed by atoms with Crippen molar-refractivity contribution in [3.05, 3.63) is 23.8 Å². The summed E-state index contributed by atoms with van der Waals surface area (Å²) in [6, 6.07) is 5.45. The molecule has 0 aromatic heterocycles. The zero-order valence-electron chi connectivity index (χ0n) is 11.9. The normalized spacial score (nSPS) is 18.8. The minimum Gasteiger partial charge on any atom is -0.398 e. The zero-order valence-corrected chi connectivity index (χ0v) is 11.9. The molecular formula is C15H22N2O3. The van der Waals surface area contributed by atoms with Crippen LogP contribution in [0.15, 0.2) is 18.2 Å². The Balaban J connectivity index is 1.73. The second-order valence-electron chi connectivity index (χ2n) is 5.07. The molecule has 1 heterocycles. The summed E-state index contributed by atoms with van der Waals surface area (Å²) >= 11 is 0. The highest BCUT2D eigenvalue weighted by atomic mass is 16.5. The molecule has 1 aromatic rings. The van der Waals surface area contributed by atoms with Gasteiger partial charge in [0.05, 0.1) is 12.7 Å². The van der Waals surface area contributed by atoms with Gasteiger partial charge in [-0.15, -0.1) is 0 Å². The molecule has 1 aliphatic rings. The molecule has 3 N–H and O–H groups in total. The number of hydrogen-bond acceptors (Lipinski definition) is 4. The van der Waals surface area contributed by atoms with Crippen molar-refractivity contribution in [1.29, 1.82) is 0 Å². The van der Waals surface area contributed by atoms with E-state index in [0.717, 1.165) is 30.7 Å². The minimum atomic E-state index is -0.172. The molecule has 110 valence electrons. The van der Waals surface area contributed by atoms with E-state index < -0.39 is 0 Å². The van der Waals surface area contributed by atoms with Crippen LogP contribution in [0.4, 0.5) is 11.4 Å². The summed E-state index contributed by atoms with van der Waals surface area (Å²) in [4.78, 5) is 11.8. The first-order valence-corrected chi connectivity index (χ1v) is 7.01. The number of amides is 1. The zero-order chi connectivity index (χ0) is 14.4. The number of ether oxygens (including phenoxy) is 2. The molecule has 1 aliphatic heterocycles. The smallest absolute Gasteiger partial charge is 0.250 e. The fraction of sp³-hybridized carbons (Fsp3) is 0.533. The highest BCUT2D eigenvalue weighted by Gasteiger charge is 2.14. The molecule has 0 radical (unpaired) electrons. The first kappa shape index (κ1) is 14.8. The molecule has 1 saturated heterocycles. The van der Waals surface area contributed by atoms with E-state index in [1.54, 1.807) is 0 Å². The van der Waals surface area contributed by atoms with Gasteiger partial charge in [0.1, 0.15) is 6.61 Å². The molecule has 5 nitrogen and oxygen atoms in total. The highest BCUT2D eigenvalue weighted by Crippen LogP contribution is 2.20. The van der Waals surface area contributed by atoms with Crippen LogP contribution in [0, 0.1) is 6.92 Å². The molecule has 0 aliphatic carbocycles. The number of nitrogens with two attached hydrogens (primary N) is 1. The Bertz CT molecular complexity index is 456. The van der Waals surface area contributed by atoms with E-state index in [2.05, 4.69) is 5.32 Å². The summed E-state index contributed by atoms with van der Waals surface area (Å²) in [7, 11) is 0. The Labute approximate surface area is 119 Å². The van der Waals surface area contributed by atoms with Gasteiger partial charge in [0.15, 0.2) is 0 Å². The van der Waals surface area contributed by atoms with E-state index in [9.17, 15) is 4.79 Å². The van der Waals surface area contributed by atoms with Crippen LogP contribution in [0.25, 0.3) is 0 Å². The molecule has 1 amide bonds. The number of rotatable bonds is 5. The Morgan fingerprint density at radius 2 is 2.35 bits per heavy atom. The average molecular weight is 278 g/mol. The fourth-order valence-electron chi connectivity index (χ4n) is 2.20. The number of benzene rings is 1. The lowest BCUT2D eigenvalue weighted by molar-refractivity contribution is -0.122. The number of anilines is 2. The lowest BCUT2D eigenvalue weighted by Gasteiger charge is -2.22. The van der Waals surface area contributed by atoms with E-state index >= 15 is 0 Å². The van der Waals surface area contributed by atoms with E-state index in [0.29, 0.717) is 12.3 Å². The summed E-state index contributed by atoms with van der Waals surface area (Å²) in [6.07, 6.45) is 3.43. The number of nitrogen functional groups attached to an aromatic ring is 1. The van der Waals surface area contributed by atoms with Crippen LogP contribution >= 0.6 is 0 Å². The van der Waals surface area contributed by atoms with Gasteiger partial charge in [-0.1, -0.05) is 6.07 Å². The third-order valence-electron chi connectivity index (χ3n) is 3.46. The number of carbonyl (C=O) groups excluding carboxylic acids is 1. The summed E-state index contributed by atoms with van der Waals surface area (Å²) in [5.41, 5.74) is 8.06. The highest BCUT2D eigenvalue weighted by molar-refractivity contribution is 5.93. The quantitative estimate of drug-likeness (QED) is 0.809. The summed E-state index contributed by atoms with van der Waals surface area (Å²) in [5, 5.41) is 2.80. The molecular weight excluding hydrogens is 256 g/mol. The van der Waals surface area contributed by atoms with Crippen molar-refractivity contribution < 1.29 is 14.3 Å². The Morgan fingerprint density at radius 1 is 1.50 bits per heavy atom. The SMILES string of the molecule is Cc1c(N)cccc1NC(=O)COCC1CCCCO1. The third-order valence-corrected chi connectivity index (χ3v) is 3.46. The van der Waals surface area contributed by atoms with Gasteiger partial charge in [0.2, 0.25) is 5.91 Å². The molecule has 5 heteroatoms. The molecule has 1 atom stereocenters. The molecule has 1 fully saturated rings. The predicted octanol–water partition coefficient (Wildman–Crippen LogP) is 2.10. The van der Waals surface area contributed by atoms with Crippen LogP contribution < -0.4 is 11.1 Å². The van der Waals surface area contributed by atoms with Crippen molar-refractivity contribution in [2.45, 2.75) is 32.3 Å². The third kappa shape index (κ3) is 4.21. The fourth-order valence-corrected chi connectivity index (χ4v) is 2.20. The maximum atomic E-state index is 11.8. The Morgan fingerprint density at radius 3 is 3.10 bits per heavy atom. The van der Waals surface area contributed by atoms with Gasteiger partial charge in [0, 0.05) is 18.0 Å². The van der Waals surface area contributed by atoms with Crippen molar-refractivity contribution in [2.24, 2.45) is 0 Å². The van der Waals surface area contributed by atoms with E-state index in [1.165, 1.54) is 6.42 Å². The topological polar surface area (TPSA) is 73.6 Å². The van der Waals surface area contributed by atoms with Crippen LogP contribution in [0.5, 0.6) is 0 Å². The Hall–Kier alpha value is -1.59. The van der Waals surface area contributed by atoms with Gasteiger partial charge in [-0.2, -0.15) is 0 Å². The second kappa shape index (κ2) is 7.26. The first-order valence-electron chi connectivity index (χ1n) is 7.01. The van der Waals surface area contributed by atoms with Crippen LogP contribution in [0.2, 0.25) is 0 Å². The van der Waals surface area contributed by atoms with E-state index in [4.69, 9.17) is 15.2 Å². The lowest BCUT2D eigenvalue weighted by atomic mass is 10.1. The average Bonchev–Trinajstić information content (AvgIpc) is 2.45. The molecule has 1 unspecified atom stereocenters. The predicted molar refractivity (Wildman–Crippen MR) is 78.6 cm³/mol. The summed E-state index contributed by atoms with van der Waals surface area (Å²) in [6.45, 7) is 3.18. The first-order chi connectivity index (χ1) is 9.66. The number of carbonyl (C=O) groups is 1. The van der Waals surface area contributed by atoms with Crippen molar-refractivity contribution in [1.82, 2.24) is 0 Å². The van der Waals surface area contributed by atoms with E-state index in [1.807, 2.05) is 25.1 Å². The van der Waals surface area contributed by atoms with Gasteiger partial charge >= 0.3 is 0 Å². The molecule has 2 rings (SSSR count). The van der Waals surface area contributed by atoms with Crippen molar-refractivity contribution in [3.63, 3.8) is 0 Å². The van der Waals surface area contributed by atoms with Crippen molar-refractivity contribution in [2.75, 3.05) is 30.9 Å². The van der Waals surface area contributed by atoms with Crippen LogP contribution in [-0.4, -0.2) is 31.8 Å². The van der Waals surface area contributed by atoms with Crippen molar-refractivity contribution >= 4 is 17.3 Å². The largest absolute Gasteiger partial charge is 0.398 e. The second-order valence-corrected chi connectivity index (χ2v) is 5.07. The van der Waals surface area contributed by atoms with Crippen LogP contribution in [-0.2, 0) is 14.3 Å². The maximum absolute atomic E-state index is 11.8.